The highest BCUT2D eigenvalue weighted by atomic mass is 32.2. The molecule has 0 saturated heterocycles. The zero-order valence-electron chi connectivity index (χ0n) is 15.3. The summed E-state index contributed by atoms with van der Waals surface area (Å²) in [5, 5.41) is 2.79. The van der Waals surface area contributed by atoms with E-state index in [0.717, 1.165) is 18.7 Å². The Kier molecular flexibility index (Phi) is 8.47. The van der Waals surface area contributed by atoms with Crippen molar-refractivity contribution in [3.63, 3.8) is 0 Å². The quantitative estimate of drug-likeness (QED) is 0.655. The fraction of sp³-hybridized carbons (Fsp3) is 0.588. The highest BCUT2D eigenvalue weighted by molar-refractivity contribution is 7.89. The lowest BCUT2D eigenvalue weighted by Crippen LogP contribution is -2.42. The fourth-order valence-electron chi connectivity index (χ4n) is 2.52. The molecule has 8 heteroatoms. The monoisotopic (exact) mass is 373 g/mol. The summed E-state index contributed by atoms with van der Waals surface area (Å²) in [6.45, 7) is 9.65. The van der Waals surface area contributed by atoms with Crippen molar-refractivity contribution in [1.82, 2.24) is 14.9 Å². The predicted octanol–water partition coefficient (Wildman–Crippen LogP) is 1.73. The van der Waals surface area contributed by atoms with Crippen LogP contribution >= 0.6 is 0 Å². The van der Waals surface area contributed by atoms with Gasteiger partial charge in [0, 0.05) is 38.1 Å². The van der Waals surface area contributed by atoms with Crippen LogP contribution in [0.15, 0.2) is 29.2 Å². The van der Waals surface area contributed by atoms with Gasteiger partial charge in [-0.2, -0.15) is 0 Å². The summed E-state index contributed by atoms with van der Waals surface area (Å²) in [7, 11) is -3.73. The average Bonchev–Trinajstić information content (AvgIpc) is 2.51. The molecule has 0 fully saturated rings. The number of hydrogen-bond acceptors (Lipinski definition) is 4. The summed E-state index contributed by atoms with van der Waals surface area (Å²) in [5.74, 6) is -0.718. The minimum atomic E-state index is -3.73. The summed E-state index contributed by atoms with van der Waals surface area (Å²) in [4.78, 5) is 14.0. The lowest BCUT2D eigenvalue weighted by atomic mass is 10.2. The van der Waals surface area contributed by atoms with Crippen molar-refractivity contribution in [2.75, 3.05) is 19.6 Å². The number of carbonyl (C=O) groups is 1. The molecule has 1 rings (SSSR count). The first-order chi connectivity index (χ1) is 11.6. The highest BCUT2D eigenvalue weighted by Gasteiger charge is 2.15. The Morgan fingerprint density at radius 2 is 1.64 bits per heavy atom. The molecule has 2 N–H and O–H groups in total. The van der Waals surface area contributed by atoms with Crippen LogP contribution in [-0.4, -0.2) is 50.9 Å². The minimum absolute atomic E-state index is 0.0103. The number of nitrogens with one attached hydrogen (secondary N) is 2. The Morgan fingerprint density at radius 1 is 1.08 bits per heavy atom. The minimum Gasteiger partial charge on any atom is -0.355 e. The SMILES string of the molecule is CC(C)N(CCNC(=O)CCNS(=O)(=O)c1ccc(F)cc1)C(C)C. The molecule has 6 nitrogen and oxygen atoms in total. The van der Waals surface area contributed by atoms with Crippen LogP contribution in [0, 0.1) is 5.82 Å². The summed E-state index contributed by atoms with van der Waals surface area (Å²) in [6.07, 6.45) is 0.0454. The fourth-order valence-corrected chi connectivity index (χ4v) is 3.55. The number of hydrogen-bond donors (Lipinski definition) is 2. The molecule has 25 heavy (non-hydrogen) atoms. The van der Waals surface area contributed by atoms with Gasteiger partial charge in [-0.25, -0.2) is 17.5 Å². The van der Waals surface area contributed by atoms with Crippen LogP contribution in [0.5, 0.6) is 0 Å². The van der Waals surface area contributed by atoms with Gasteiger partial charge in [0.25, 0.3) is 0 Å². The van der Waals surface area contributed by atoms with Crippen molar-refractivity contribution < 1.29 is 17.6 Å². The topological polar surface area (TPSA) is 78.5 Å². The van der Waals surface area contributed by atoms with Crippen LogP contribution < -0.4 is 10.0 Å². The van der Waals surface area contributed by atoms with E-state index in [0.29, 0.717) is 18.6 Å². The number of nitrogens with zero attached hydrogens (tertiary/aromatic N) is 1. The predicted molar refractivity (Wildman–Crippen MR) is 96.2 cm³/mol. The van der Waals surface area contributed by atoms with Crippen LogP contribution in [0.4, 0.5) is 4.39 Å². The first-order valence-electron chi connectivity index (χ1n) is 8.41. The zero-order valence-corrected chi connectivity index (χ0v) is 16.1. The number of halogens is 1. The van der Waals surface area contributed by atoms with Crippen LogP contribution in [0.2, 0.25) is 0 Å². The van der Waals surface area contributed by atoms with Crippen molar-refractivity contribution in [2.24, 2.45) is 0 Å². The zero-order chi connectivity index (χ0) is 19.0. The first kappa shape index (κ1) is 21.5. The summed E-state index contributed by atoms with van der Waals surface area (Å²) < 4.78 is 39.2. The van der Waals surface area contributed by atoms with Crippen molar-refractivity contribution >= 4 is 15.9 Å². The van der Waals surface area contributed by atoms with Crippen molar-refractivity contribution in [1.29, 1.82) is 0 Å². The van der Waals surface area contributed by atoms with Gasteiger partial charge in [0.05, 0.1) is 4.90 Å². The molecule has 0 radical (unpaired) electrons. The molecule has 0 bridgehead atoms. The molecule has 0 aliphatic carbocycles. The van der Waals surface area contributed by atoms with E-state index < -0.39 is 15.8 Å². The highest BCUT2D eigenvalue weighted by Crippen LogP contribution is 2.09. The van der Waals surface area contributed by atoms with Gasteiger partial charge in [0.1, 0.15) is 5.82 Å². The van der Waals surface area contributed by atoms with Gasteiger partial charge in [-0.05, 0) is 52.0 Å². The van der Waals surface area contributed by atoms with Crippen molar-refractivity contribution in [3.05, 3.63) is 30.1 Å². The van der Waals surface area contributed by atoms with Gasteiger partial charge >= 0.3 is 0 Å². The third-order valence-corrected chi connectivity index (χ3v) is 5.26. The van der Waals surface area contributed by atoms with Crippen LogP contribution in [0.1, 0.15) is 34.1 Å². The summed E-state index contributed by atoms with van der Waals surface area (Å²) in [5.41, 5.74) is 0. The third-order valence-electron chi connectivity index (χ3n) is 3.79. The average molecular weight is 373 g/mol. The molecular formula is C17H28FN3O3S. The van der Waals surface area contributed by atoms with E-state index in [-0.39, 0.29) is 23.8 Å². The number of rotatable bonds is 10. The maximum Gasteiger partial charge on any atom is 0.240 e. The van der Waals surface area contributed by atoms with Gasteiger partial charge in [-0.15, -0.1) is 0 Å². The van der Waals surface area contributed by atoms with E-state index in [1.54, 1.807) is 0 Å². The second-order valence-corrected chi connectivity index (χ2v) is 8.14. The molecule has 1 aromatic carbocycles. The Bertz CT molecular complexity index is 638. The lowest BCUT2D eigenvalue weighted by Gasteiger charge is -2.30. The molecule has 0 spiro atoms. The molecule has 1 aromatic rings. The second-order valence-electron chi connectivity index (χ2n) is 6.38. The molecule has 0 atom stereocenters. The Hall–Kier alpha value is -1.51. The molecule has 0 unspecified atom stereocenters. The number of benzene rings is 1. The van der Waals surface area contributed by atoms with Crippen LogP contribution in [-0.2, 0) is 14.8 Å². The largest absolute Gasteiger partial charge is 0.355 e. The number of sulfonamides is 1. The molecular weight excluding hydrogens is 345 g/mol. The Labute approximate surface area is 149 Å². The lowest BCUT2D eigenvalue weighted by molar-refractivity contribution is -0.121. The Balaban J connectivity index is 2.36. The van der Waals surface area contributed by atoms with Crippen molar-refractivity contribution in [2.45, 2.75) is 51.1 Å². The van der Waals surface area contributed by atoms with E-state index >= 15 is 0 Å². The van der Waals surface area contributed by atoms with E-state index in [1.165, 1.54) is 12.1 Å². The van der Waals surface area contributed by atoms with Crippen LogP contribution in [0.3, 0.4) is 0 Å². The first-order valence-corrected chi connectivity index (χ1v) is 9.89. The van der Waals surface area contributed by atoms with Gasteiger partial charge < -0.3 is 5.32 Å². The molecule has 0 saturated carbocycles. The smallest absolute Gasteiger partial charge is 0.240 e. The van der Waals surface area contributed by atoms with Gasteiger partial charge in [-0.3, -0.25) is 9.69 Å². The van der Waals surface area contributed by atoms with E-state index in [4.69, 9.17) is 0 Å². The molecule has 142 valence electrons. The van der Waals surface area contributed by atoms with Gasteiger partial charge in [-0.1, -0.05) is 0 Å². The number of carbonyl (C=O) groups excluding carboxylic acids is 1. The summed E-state index contributed by atoms with van der Waals surface area (Å²) >= 11 is 0. The number of amides is 1. The molecule has 0 aliphatic heterocycles. The molecule has 1 amide bonds. The van der Waals surface area contributed by atoms with Crippen molar-refractivity contribution in [3.8, 4) is 0 Å². The maximum absolute atomic E-state index is 12.8. The van der Waals surface area contributed by atoms with Gasteiger partial charge in [0.15, 0.2) is 0 Å². The second kappa shape index (κ2) is 9.84. The van der Waals surface area contributed by atoms with E-state index in [1.807, 2.05) is 0 Å². The van der Waals surface area contributed by atoms with E-state index in [2.05, 4.69) is 42.6 Å². The van der Waals surface area contributed by atoms with Crippen LogP contribution in [0.25, 0.3) is 0 Å². The van der Waals surface area contributed by atoms with E-state index in [9.17, 15) is 17.6 Å². The third kappa shape index (κ3) is 7.50. The molecule has 0 aromatic heterocycles. The van der Waals surface area contributed by atoms with Gasteiger partial charge in [0.2, 0.25) is 15.9 Å². The summed E-state index contributed by atoms with van der Waals surface area (Å²) in [6, 6.07) is 5.31. The maximum atomic E-state index is 12.8. The Morgan fingerprint density at radius 3 is 2.16 bits per heavy atom. The molecule has 0 aliphatic rings. The normalized spacial score (nSPS) is 12.2. The standard InChI is InChI=1S/C17H28FN3O3S/c1-13(2)21(14(3)4)12-11-19-17(22)9-10-20-25(23,24)16-7-5-15(18)6-8-16/h5-8,13-14,20H,9-12H2,1-4H3,(H,19,22). The molecule has 0 heterocycles.